The molecule has 0 radical (unpaired) electrons. The average molecular weight is 316 g/mol. The minimum absolute atomic E-state index is 0.849. The predicted molar refractivity (Wildman–Crippen MR) is 63.9 cm³/mol. The second-order valence-electron chi connectivity index (χ2n) is 2.90. The van der Waals surface area contributed by atoms with E-state index in [0.29, 0.717) is 0 Å². The number of benzene rings is 1. The summed E-state index contributed by atoms with van der Waals surface area (Å²) in [6.45, 7) is 0. The summed E-state index contributed by atoms with van der Waals surface area (Å²) >= 11 is 6.73. The normalized spacial score (nSPS) is 10.4. The summed E-state index contributed by atoms with van der Waals surface area (Å²) in [4.78, 5) is 4.11. The van der Waals surface area contributed by atoms with E-state index in [-0.39, 0.29) is 0 Å². The molecule has 0 spiro atoms. The molecular weight excluding hydrogens is 308 g/mol. The molecule has 0 atom stereocenters. The quantitative estimate of drug-likeness (QED) is 0.775. The molecule has 0 aliphatic rings. The molecule has 2 rings (SSSR count). The molecule has 0 fully saturated rings. The van der Waals surface area contributed by atoms with Gasteiger partial charge in [-0.2, -0.15) is 0 Å². The standard InChI is InChI=1S/C10H8Br2N2/c11-5-8-1-3-9(4-2-8)14-6-10(12)13-7-14/h1-4,6-7H,5H2. The molecule has 0 unspecified atom stereocenters. The lowest BCUT2D eigenvalue weighted by atomic mass is 10.2. The van der Waals surface area contributed by atoms with E-state index in [9.17, 15) is 0 Å². The largest absolute Gasteiger partial charge is 0.305 e. The molecule has 1 heterocycles. The molecule has 14 heavy (non-hydrogen) atoms. The number of nitrogens with zero attached hydrogens (tertiary/aromatic N) is 2. The van der Waals surface area contributed by atoms with E-state index in [2.05, 4.69) is 61.1 Å². The average Bonchev–Trinajstić information content (AvgIpc) is 2.65. The van der Waals surface area contributed by atoms with Crippen molar-refractivity contribution in [2.24, 2.45) is 0 Å². The van der Waals surface area contributed by atoms with Gasteiger partial charge in [0.05, 0.1) is 0 Å². The highest BCUT2D eigenvalue weighted by molar-refractivity contribution is 9.10. The maximum absolute atomic E-state index is 4.11. The van der Waals surface area contributed by atoms with E-state index in [1.165, 1.54) is 5.56 Å². The molecule has 2 aromatic rings. The first-order chi connectivity index (χ1) is 6.79. The lowest BCUT2D eigenvalue weighted by molar-refractivity contribution is 1.05. The van der Waals surface area contributed by atoms with Gasteiger partial charge < -0.3 is 4.57 Å². The summed E-state index contributed by atoms with van der Waals surface area (Å²) in [6.07, 6.45) is 3.72. The van der Waals surface area contributed by atoms with E-state index in [4.69, 9.17) is 0 Å². The second kappa shape index (κ2) is 4.28. The highest BCUT2D eigenvalue weighted by atomic mass is 79.9. The van der Waals surface area contributed by atoms with Crippen LogP contribution in [0.3, 0.4) is 0 Å². The topological polar surface area (TPSA) is 17.8 Å². The Morgan fingerprint density at radius 1 is 1.21 bits per heavy atom. The SMILES string of the molecule is BrCc1ccc(-n2cnc(Br)c2)cc1. The molecule has 0 aliphatic heterocycles. The van der Waals surface area contributed by atoms with Crippen molar-refractivity contribution in [3.63, 3.8) is 0 Å². The Hall–Kier alpha value is -0.610. The molecule has 0 saturated carbocycles. The van der Waals surface area contributed by atoms with Crippen molar-refractivity contribution >= 4 is 31.9 Å². The van der Waals surface area contributed by atoms with Crippen LogP contribution in [0.5, 0.6) is 0 Å². The maximum Gasteiger partial charge on any atom is 0.124 e. The van der Waals surface area contributed by atoms with Gasteiger partial charge in [-0.1, -0.05) is 28.1 Å². The Bertz CT molecular complexity index is 420. The van der Waals surface area contributed by atoms with Crippen LogP contribution >= 0.6 is 31.9 Å². The Kier molecular flexibility index (Phi) is 3.03. The third kappa shape index (κ3) is 2.07. The molecule has 0 bridgehead atoms. The summed E-state index contributed by atoms with van der Waals surface area (Å²) in [5, 5.41) is 0.890. The van der Waals surface area contributed by atoms with Crippen molar-refractivity contribution in [3.8, 4) is 5.69 Å². The van der Waals surface area contributed by atoms with Gasteiger partial charge in [0.15, 0.2) is 0 Å². The Balaban J connectivity index is 2.33. The third-order valence-electron chi connectivity index (χ3n) is 1.94. The molecule has 0 saturated heterocycles. The van der Waals surface area contributed by atoms with Crippen LogP contribution in [0, 0.1) is 0 Å². The van der Waals surface area contributed by atoms with Crippen LogP contribution in [-0.4, -0.2) is 9.55 Å². The van der Waals surface area contributed by atoms with Gasteiger partial charge in [0.2, 0.25) is 0 Å². The van der Waals surface area contributed by atoms with Crippen LogP contribution in [0.2, 0.25) is 0 Å². The second-order valence-corrected chi connectivity index (χ2v) is 4.28. The molecule has 1 aromatic carbocycles. The zero-order valence-electron chi connectivity index (χ0n) is 7.32. The number of rotatable bonds is 2. The summed E-state index contributed by atoms with van der Waals surface area (Å²) < 4.78 is 2.82. The van der Waals surface area contributed by atoms with Crippen LogP contribution in [0.4, 0.5) is 0 Å². The summed E-state index contributed by atoms with van der Waals surface area (Å²) in [6, 6.07) is 8.34. The van der Waals surface area contributed by atoms with Crippen LogP contribution in [0.25, 0.3) is 5.69 Å². The highest BCUT2D eigenvalue weighted by Crippen LogP contribution is 2.14. The Labute approximate surface area is 99.2 Å². The number of aromatic nitrogens is 2. The zero-order chi connectivity index (χ0) is 9.97. The fourth-order valence-corrected chi connectivity index (χ4v) is 1.88. The molecular formula is C10H8Br2N2. The Morgan fingerprint density at radius 2 is 1.93 bits per heavy atom. The van der Waals surface area contributed by atoms with Crippen LogP contribution in [0.15, 0.2) is 41.4 Å². The van der Waals surface area contributed by atoms with E-state index >= 15 is 0 Å². The van der Waals surface area contributed by atoms with Gasteiger partial charge in [-0.15, -0.1) is 0 Å². The molecule has 0 amide bonds. The van der Waals surface area contributed by atoms with Gasteiger partial charge in [0.1, 0.15) is 10.9 Å². The fourth-order valence-electron chi connectivity index (χ4n) is 1.20. The summed E-state index contributed by atoms with van der Waals surface area (Å²) in [5.41, 5.74) is 2.39. The van der Waals surface area contributed by atoms with E-state index in [0.717, 1.165) is 15.6 Å². The van der Waals surface area contributed by atoms with Crippen molar-refractivity contribution in [1.29, 1.82) is 0 Å². The lowest BCUT2D eigenvalue weighted by Gasteiger charge is -2.02. The van der Waals surface area contributed by atoms with E-state index in [1.807, 2.05) is 10.8 Å². The minimum atomic E-state index is 0.849. The lowest BCUT2D eigenvalue weighted by Crippen LogP contribution is -1.89. The molecule has 0 aliphatic carbocycles. The van der Waals surface area contributed by atoms with Crippen molar-refractivity contribution < 1.29 is 0 Å². The van der Waals surface area contributed by atoms with Crippen molar-refractivity contribution in [2.45, 2.75) is 5.33 Å². The monoisotopic (exact) mass is 314 g/mol. The molecule has 72 valence electrons. The Morgan fingerprint density at radius 3 is 2.43 bits per heavy atom. The summed E-state index contributed by atoms with van der Waals surface area (Å²) in [7, 11) is 0. The number of imidazole rings is 1. The highest BCUT2D eigenvalue weighted by Gasteiger charge is 1.97. The van der Waals surface area contributed by atoms with Gasteiger partial charge in [0.25, 0.3) is 0 Å². The maximum atomic E-state index is 4.11. The summed E-state index contributed by atoms with van der Waals surface area (Å²) in [5.74, 6) is 0. The van der Waals surface area contributed by atoms with Gasteiger partial charge in [-0.25, -0.2) is 4.98 Å². The first-order valence-corrected chi connectivity index (χ1v) is 6.06. The molecule has 4 heteroatoms. The van der Waals surface area contributed by atoms with Crippen LogP contribution in [-0.2, 0) is 5.33 Å². The van der Waals surface area contributed by atoms with Gasteiger partial charge in [-0.05, 0) is 33.6 Å². The molecule has 1 aromatic heterocycles. The predicted octanol–water partition coefficient (Wildman–Crippen LogP) is 3.53. The van der Waals surface area contributed by atoms with Crippen molar-refractivity contribution in [1.82, 2.24) is 9.55 Å². The number of halogens is 2. The van der Waals surface area contributed by atoms with E-state index < -0.39 is 0 Å². The third-order valence-corrected chi connectivity index (χ3v) is 3.00. The van der Waals surface area contributed by atoms with E-state index in [1.54, 1.807) is 6.33 Å². The zero-order valence-corrected chi connectivity index (χ0v) is 10.5. The smallest absolute Gasteiger partial charge is 0.124 e. The number of alkyl halides is 1. The molecule has 2 nitrogen and oxygen atoms in total. The van der Waals surface area contributed by atoms with Gasteiger partial charge in [-0.3, -0.25) is 0 Å². The number of hydrogen-bond acceptors (Lipinski definition) is 1. The first-order valence-electron chi connectivity index (χ1n) is 4.14. The number of hydrogen-bond donors (Lipinski definition) is 0. The van der Waals surface area contributed by atoms with Crippen LogP contribution < -0.4 is 0 Å². The minimum Gasteiger partial charge on any atom is -0.305 e. The van der Waals surface area contributed by atoms with Crippen molar-refractivity contribution in [2.75, 3.05) is 0 Å². The first kappa shape index (κ1) is 9.93. The van der Waals surface area contributed by atoms with Gasteiger partial charge >= 0.3 is 0 Å². The fraction of sp³-hybridized carbons (Fsp3) is 0.100. The van der Waals surface area contributed by atoms with Gasteiger partial charge in [0, 0.05) is 17.2 Å². The van der Waals surface area contributed by atoms with Crippen LogP contribution in [0.1, 0.15) is 5.56 Å². The van der Waals surface area contributed by atoms with Crippen molar-refractivity contribution in [3.05, 3.63) is 47.0 Å². The molecule has 0 N–H and O–H groups in total.